The minimum absolute atomic E-state index is 0.0278. The average molecular weight is 463 g/mol. The molecule has 0 saturated heterocycles. The highest BCUT2D eigenvalue weighted by molar-refractivity contribution is 5.66. The number of carbonyl (C=O) groups excluding carboxylic acids is 1. The summed E-state index contributed by atoms with van der Waals surface area (Å²) in [5.41, 5.74) is 0.621. The van der Waals surface area contributed by atoms with Crippen molar-refractivity contribution in [2.75, 3.05) is 6.61 Å². The van der Waals surface area contributed by atoms with Crippen LogP contribution in [0.5, 0.6) is 0 Å². The fourth-order valence-corrected chi connectivity index (χ4v) is 8.86. The molecule has 0 heterocycles. The Morgan fingerprint density at radius 1 is 0.909 bits per heavy atom. The molecule has 0 bridgehead atoms. The first-order valence-electron chi connectivity index (χ1n) is 14.6. The van der Waals surface area contributed by atoms with Gasteiger partial charge in [0.05, 0.1) is 5.60 Å². The van der Waals surface area contributed by atoms with E-state index in [4.69, 9.17) is 9.47 Å². The molecule has 0 spiro atoms. The second-order valence-corrected chi connectivity index (χ2v) is 12.3. The predicted octanol–water partition coefficient (Wildman–Crippen LogP) is 8.34. The lowest BCUT2D eigenvalue weighted by Gasteiger charge is -2.63. The van der Waals surface area contributed by atoms with E-state index >= 15 is 0 Å². The van der Waals surface area contributed by atoms with Crippen molar-refractivity contribution in [3.05, 3.63) is 0 Å². The van der Waals surface area contributed by atoms with Gasteiger partial charge in [-0.2, -0.15) is 0 Å². The Kier molecular flexibility index (Phi) is 9.01. The molecule has 33 heavy (non-hydrogen) atoms. The number of unbranched alkanes of at least 4 members (excludes halogenated alkanes) is 3. The number of hydrogen-bond donors (Lipinski definition) is 0. The molecule has 4 aliphatic rings. The highest BCUT2D eigenvalue weighted by atomic mass is 16.5. The lowest BCUT2D eigenvalue weighted by atomic mass is 9.44. The van der Waals surface area contributed by atoms with Crippen LogP contribution in [0.4, 0.5) is 0 Å². The molecule has 0 aliphatic heterocycles. The molecule has 0 amide bonds. The zero-order chi connectivity index (χ0) is 24.3. The van der Waals surface area contributed by atoms with Gasteiger partial charge >= 0.3 is 5.97 Å². The normalized spacial score (nSPS) is 44.0. The fourth-order valence-electron chi connectivity index (χ4n) is 8.86. The van der Waals surface area contributed by atoms with Crippen LogP contribution >= 0.6 is 0 Å². The van der Waals surface area contributed by atoms with Crippen molar-refractivity contribution in [1.82, 2.24) is 0 Å². The highest BCUT2D eigenvalue weighted by Crippen LogP contribution is 2.69. The summed E-state index contributed by atoms with van der Waals surface area (Å²) in [4.78, 5) is 12.1. The molecule has 0 aromatic carbocycles. The lowest BCUT2D eigenvalue weighted by Crippen LogP contribution is -2.60. The molecule has 4 fully saturated rings. The molecule has 5 unspecified atom stereocenters. The Labute approximate surface area is 205 Å². The van der Waals surface area contributed by atoms with Crippen molar-refractivity contribution in [3.8, 4) is 0 Å². The third kappa shape index (κ3) is 4.91. The average Bonchev–Trinajstić information content (AvgIpc) is 3.06. The van der Waals surface area contributed by atoms with Gasteiger partial charge < -0.3 is 9.47 Å². The maximum Gasteiger partial charge on any atom is 0.302 e. The van der Waals surface area contributed by atoms with E-state index in [0.29, 0.717) is 23.2 Å². The van der Waals surface area contributed by atoms with Crippen molar-refractivity contribution in [1.29, 1.82) is 0 Å². The van der Waals surface area contributed by atoms with E-state index in [2.05, 4.69) is 27.7 Å². The van der Waals surface area contributed by atoms with Gasteiger partial charge in [0, 0.05) is 19.4 Å². The Balaban J connectivity index is 0.00000149. The largest absolute Gasteiger partial charge is 0.462 e. The number of esters is 1. The number of carbonyl (C=O) groups is 1. The molecule has 3 heteroatoms. The first kappa shape index (κ1) is 27.0. The summed E-state index contributed by atoms with van der Waals surface area (Å²) in [6.45, 7) is 16.3. The predicted molar refractivity (Wildman–Crippen MR) is 137 cm³/mol. The third-order valence-electron chi connectivity index (χ3n) is 10.8. The van der Waals surface area contributed by atoms with Crippen molar-refractivity contribution in [2.24, 2.45) is 34.5 Å². The van der Waals surface area contributed by atoms with Crippen molar-refractivity contribution < 1.29 is 14.3 Å². The van der Waals surface area contributed by atoms with E-state index in [9.17, 15) is 4.79 Å². The summed E-state index contributed by atoms with van der Waals surface area (Å²) in [6.07, 6.45) is 16.7. The zero-order valence-electron chi connectivity index (χ0n) is 23.0. The number of rotatable bonds is 7. The van der Waals surface area contributed by atoms with Gasteiger partial charge in [-0.05, 0) is 86.9 Å². The van der Waals surface area contributed by atoms with Crippen LogP contribution in [0.25, 0.3) is 0 Å². The summed E-state index contributed by atoms with van der Waals surface area (Å²) in [6, 6.07) is 0. The van der Waals surface area contributed by atoms with E-state index in [1.54, 1.807) is 6.92 Å². The first-order chi connectivity index (χ1) is 15.7. The van der Waals surface area contributed by atoms with Gasteiger partial charge in [0.1, 0.15) is 6.10 Å². The molecule has 0 N–H and O–H groups in total. The van der Waals surface area contributed by atoms with Gasteiger partial charge in [0.15, 0.2) is 0 Å². The first-order valence-corrected chi connectivity index (χ1v) is 14.6. The maximum atomic E-state index is 12.1. The van der Waals surface area contributed by atoms with E-state index in [1.807, 2.05) is 13.8 Å². The molecule has 8 atom stereocenters. The van der Waals surface area contributed by atoms with Gasteiger partial charge in [0.25, 0.3) is 0 Å². The van der Waals surface area contributed by atoms with Gasteiger partial charge in [-0.3, -0.25) is 4.79 Å². The SMILES string of the molecule is CC.CCCCCCOC1(C)CCC2C3C(CC[C@@]21C)[C@@]1(C)CCCCC1C[C@@H]3OC(C)=O. The molecule has 4 rings (SSSR count). The molecule has 4 saturated carbocycles. The molecule has 0 radical (unpaired) electrons. The molecule has 192 valence electrons. The van der Waals surface area contributed by atoms with Crippen LogP contribution in [0.1, 0.15) is 132 Å². The van der Waals surface area contributed by atoms with Gasteiger partial charge in [-0.15, -0.1) is 0 Å². The Morgan fingerprint density at radius 2 is 1.64 bits per heavy atom. The van der Waals surface area contributed by atoms with Crippen LogP contribution in [0.3, 0.4) is 0 Å². The standard InChI is InChI=1S/C28H48O3.C2H6/c1-6-7-8-11-18-30-28(5)17-14-23-25-22(13-16-27(23,28)4)26(3)15-10-9-12-21(26)19-24(25)31-20(2)29;1-2/h21-25H,6-19H2,1-5H3;1-2H3/t21?,22?,23?,24-,25?,26-,27-,28?;/m0./s1. The summed E-state index contributed by atoms with van der Waals surface area (Å²) in [5.74, 6) is 2.51. The highest BCUT2D eigenvalue weighted by Gasteiger charge is 2.66. The van der Waals surface area contributed by atoms with E-state index in [1.165, 1.54) is 70.6 Å². The van der Waals surface area contributed by atoms with E-state index in [0.717, 1.165) is 25.4 Å². The third-order valence-corrected chi connectivity index (χ3v) is 10.8. The Morgan fingerprint density at radius 3 is 2.33 bits per heavy atom. The number of ether oxygens (including phenoxy) is 2. The second-order valence-electron chi connectivity index (χ2n) is 12.3. The maximum absolute atomic E-state index is 12.1. The van der Waals surface area contributed by atoms with Crippen molar-refractivity contribution in [3.63, 3.8) is 0 Å². The smallest absolute Gasteiger partial charge is 0.302 e. The van der Waals surface area contributed by atoms with Crippen LogP contribution < -0.4 is 0 Å². The van der Waals surface area contributed by atoms with E-state index < -0.39 is 0 Å². The minimum Gasteiger partial charge on any atom is -0.462 e. The van der Waals surface area contributed by atoms with Gasteiger partial charge in [-0.25, -0.2) is 0 Å². The van der Waals surface area contributed by atoms with Crippen LogP contribution in [0.2, 0.25) is 0 Å². The quantitative estimate of drug-likeness (QED) is 0.282. The van der Waals surface area contributed by atoms with Crippen molar-refractivity contribution in [2.45, 2.75) is 144 Å². The van der Waals surface area contributed by atoms with Crippen LogP contribution in [-0.4, -0.2) is 24.3 Å². The van der Waals surface area contributed by atoms with Crippen LogP contribution in [0.15, 0.2) is 0 Å². The van der Waals surface area contributed by atoms with Crippen molar-refractivity contribution >= 4 is 5.97 Å². The molecular formula is C30H54O3. The van der Waals surface area contributed by atoms with Crippen LogP contribution in [-0.2, 0) is 14.3 Å². The molecule has 0 aromatic rings. The lowest BCUT2D eigenvalue weighted by molar-refractivity contribution is -0.204. The minimum atomic E-state index is -0.0802. The molecule has 4 aliphatic carbocycles. The summed E-state index contributed by atoms with van der Waals surface area (Å²) in [7, 11) is 0. The van der Waals surface area contributed by atoms with E-state index in [-0.39, 0.29) is 23.1 Å². The molecule has 3 nitrogen and oxygen atoms in total. The Hall–Kier alpha value is -0.570. The van der Waals surface area contributed by atoms with Gasteiger partial charge in [0.2, 0.25) is 0 Å². The second kappa shape index (κ2) is 11.0. The van der Waals surface area contributed by atoms with Crippen LogP contribution in [0, 0.1) is 34.5 Å². The summed E-state index contributed by atoms with van der Waals surface area (Å²) < 4.78 is 12.9. The topological polar surface area (TPSA) is 35.5 Å². The number of fused-ring (bicyclic) bond motifs is 5. The number of hydrogen-bond acceptors (Lipinski definition) is 3. The summed E-state index contributed by atoms with van der Waals surface area (Å²) >= 11 is 0. The monoisotopic (exact) mass is 462 g/mol. The fraction of sp³-hybridized carbons (Fsp3) is 0.967. The summed E-state index contributed by atoms with van der Waals surface area (Å²) in [5, 5.41) is 0. The molecule has 0 aromatic heterocycles. The van der Waals surface area contributed by atoms with Gasteiger partial charge in [-0.1, -0.05) is 66.7 Å². The molecular weight excluding hydrogens is 408 g/mol. The Bertz CT molecular complexity index is 646. The zero-order valence-corrected chi connectivity index (χ0v) is 23.0.